The van der Waals surface area contributed by atoms with Crippen LogP contribution in [-0.4, -0.2) is 9.97 Å². The fraction of sp³-hybridized carbons (Fsp3) is 0.167. The van der Waals surface area contributed by atoms with Crippen LogP contribution in [-0.2, 0) is 0 Å². The van der Waals surface area contributed by atoms with Crippen LogP contribution in [0, 0.1) is 13.8 Å². The molecule has 0 saturated heterocycles. The van der Waals surface area contributed by atoms with Gasteiger partial charge in [-0.15, -0.1) is 0 Å². The predicted octanol–water partition coefficient (Wildman–Crippen LogP) is 2.34. The second-order valence-electron chi connectivity index (χ2n) is 3.59. The van der Waals surface area contributed by atoms with E-state index in [1.54, 1.807) is 0 Å². The Morgan fingerprint density at radius 1 is 1.07 bits per heavy atom. The average Bonchev–Trinajstić information content (AvgIpc) is 2.23. The highest BCUT2D eigenvalue weighted by atomic mass is 14.8. The van der Waals surface area contributed by atoms with Gasteiger partial charge in [-0.3, -0.25) is 0 Å². The van der Waals surface area contributed by atoms with Crippen molar-refractivity contribution in [3.8, 4) is 11.1 Å². The highest BCUT2D eigenvalue weighted by Crippen LogP contribution is 2.24. The minimum atomic E-state index is 0.760. The molecule has 0 amide bonds. The van der Waals surface area contributed by atoms with Crippen molar-refractivity contribution < 1.29 is 0 Å². The van der Waals surface area contributed by atoms with E-state index in [0.717, 1.165) is 22.6 Å². The number of anilines is 1. The van der Waals surface area contributed by atoms with E-state index in [1.807, 2.05) is 37.5 Å². The molecule has 2 N–H and O–H groups in total. The topological polar surface area (TPSA) is 51.8 Å². The Morgan fingerprint density at radius 2 is 1.73 bits per heavy atom. The van der Waals surface area contributed by atoms with E-state index in [4.69, 9.17) is 5.73 Å². The molecule has 2 aromatic rings. The molecule has 3 nitrogen and oxygen atoms in total. The van der Waals surface area contributed by atoms with Gasteiger partial charge in [-0.2, -0.15) is 0 Å². The lowest BCUT2D eigenvalue weighted by Gasteiger charge is -2.06. The lowest BCUT2D eigenvalue weighted by atomic mass is 10.0. The van der Waals surface area contributed by atoms with E-state index >= 15 is 0 Å². The predicted molar refractivity (Wildman–Crippen MR) is 61.4 cm³/mol. The summed E-state index contributed by atoms with van der Waals surface area (Å²) >= 11 is 0. The lowest BCUT2D eigenvalue weighted by Crippen LogP contribution is -1.92. The summed E-state index contributed by atoms with van der Waals surface area (Å²) < 4.78 is 0. The first-order chi connectivity index (χ1) is 7.16. The molecule has 0 aliphatic carbocycles. The van der Waals surface area contributed by atoms with Gasteiger partial charge in [0.2, 0.25) is 0 Å². The molecule has 0 spiro atoms. The Bertz CT molecular complexity index is 475. The number of rotatable bonds is 1. The van der Waals surface area contributed by atoms with E-state index in [2.05, 4.69) is 16.9 Å². The number of aromatic nitrogens is 2. The van der Waals surface area contributed by atoms with Gasteiger partial charge < -0.3 is 5.73 Å². The van der Waals surface area contributed by atoms with Crippen LogP contribution in [0.2, 0.25) is 0 Å². The van der Waals surface area contributed by atoms with Crippen LogP contribution in [0.5, 0.6) is 0 Å². The van der Waals surface area contributed by atoms with Crippen LogP contribution in [0.25, 0.3) is 11.1 Å². The van der Waals surface area contributed by atoms with E-state index in [9.17, 15) is 0 Å². The summed E-state index contributed by atoms with van der Waals surface area (Å²) in [4.78, 5) is 8.35. The van der Waals surface area contributed by atoms with Gasteiger partial charge >= 0.3 is 0 Å². The van der Waals surface area contributed by atoms with Crippen LogP contribution >= 0.6 is 0 Å². The SMILES string of the molecule is Cc1ncc(-c2cc(N)ccc2C)cn1. The zero-order chi connectivity index (χ0) is 10.8. The molecule has 0 saturated carbocycles. The molecule has 1 heterocycles. The van der Waals surface area contributed by atoms with Crippen LogP contribution in [0.3, 0.4) is 0 Å². The molecule has 1 aromatic heterocycles. The van der Waals surface area contributed by atoms with Crippen LogP contribution in [0.15, 0.2) is 30.6 Å². The molecular weight excluding hydrogens is 186 g/mol. The molecule has 76 valence electrons. The third kappa shape index (κ3) is 1.96. The van der Waals surface area contributed by atoms with E-state index in [-0.39, 0.29) is 0 Å². The van der Waals surface area contributed by atoms with Gasteiger partial charge in [-0.05, 0) is 37.1 Å². The van der Waals surface area contributed by atoms with Gasteiger partial charge in [0.25, 0.3) is 0 Å². The Hall–Kier alpha value is -1.90. The fourth-order valence-corrected chi connectivity index (χ4v) is 1.48. The standard InChI is InChI=1S/C12H13N3/c1-8-3-4-11(13)5-12(8)10-6-14-9(2)15-7-10/h3-7H,13H2,1-2H3. The number of nitrogens with zero attached hydrogens (tertiary/aromatic N) is 2. The van der Waals surface area contributed by atoms with Gasteiger partial charge in [0, 0.05) is 23.6 Å². The number of nitrogen functional groups attached to an aromatic ring is 1. The normalized spacial score (nSPS) is 10.3. The minimum absolute atomic E-state index is 0.760. The van der Waals surface area contributed by atoms with E-state index < -0.39 is 0 Å². The second-order valence-corrected chi connectivity index (χ2v) is 3.59. The largest absolute Gasteiger partial charge is 0.399 e. The maximum atomic E-state index is 5.75. The number of nitrogens with two attached hydrogens (primary N) is 1. The Morgan fingerprint density at radius 3 is 2.40 bits per heavy atom. The summed E-state index contributed by atoms with van der Waals surface area (Å²) in [7, 11) is 0. The summed E-state index contributed by atoms with van der Waals surface area (Å²) in [5.41, 5.74) is 9.79. The van der Waals surface area contributed by atoms with Crippen molar-refractivity contribution >= 4 is 5.69 Å². The van der Waals surface area contributed by atoms with Gasteiger partial charge in [-0.1, -0.05) is 6.07 Å². The molecule has 0 atom stereocenters. The molecule has 0 radical (unpaired) electrons. The summed E-state index contributed by atoms with van der Waals surface area (Å²) in [6.07, 6.45) is 3.65. The summed E-state index contributed by atoms with van der Waals surface area (Å²) in [6.45, 7) is 3.92. The number of aryl methyl sites for hydroxylation is 2. The van der Waals surface area contributed by atoms with Gasteiger partial charge in [-0.25, -0.2) is 9.97 Å². The Kier molecular flexibility index (Phi) is 2.37. The van der Waals surface area contributed by atoms with Gasteiger partial charge in [0.1, 0.15) is 5.82 Å². The van der Waals surface area contributed by atoms with Crippen molar-refractivity contribution in [1.29, 1.82) is 0 Å². The van der Waals surface area contributed by atoms with Gasteiger partial charge in [0.05, 0.1) is 0 Å². The maximum absolute atomic E-state index is 5.75. The smallest absolute Gasteiger partial charge is 0.125 e. The van der Waals surface area contributed by atoms with Crippen molar-refractivity contribution in [3.05, 3.63) is 42.0 Å². The molecule has 0 aliphatic rings. The molecule has 15 heavy (non-hydrogen) atoms. The molecule has 0 aliphatic heterocycles. The zero-order valence-electron chi connectivity index (χ0n) is 8.86. The average molecular weight is 199 g/mol. The molecule has 3 heteroatoms. The third-order valence-electron chi connectivity index (χ3n) is 2.35. The Balaban J connectivity index is 2.53. The first kappa shape index (κ1) is 9.65. The van der Waals surface area contributed by atoms with Crippen LogP contribution < -0.4 is 5.73 Å². The molecule has 2 rings (SSSR count). The van der Waals surface area contributed by atoms with Crippen LogP contribution in [0.1, 0.15) is 11.4 Å². The number of benzene rings is 1. The maximum Gasteiger partial charge on any atom is 0.125 e. The van der Waals surface area contributed by atoms with Crippen molar-refractivity contribution in [1.82, 2.24) is 9.97 Å². The van der Waals surface area contributed by atoms with Crippen molar-refractivity contribution in [3.63, 3.8) is 0 Å². The molecule has 1 aromatic carbocycles. The molecule has 0 bridgehead atoms. The van der Waals surface area contributed by atoms with Crippen molar-refractivity contribution in [2.75, 3.05) is 5.73 Å². The first-order valence-corrected chi connectivity index (χ1v) is 4.82. The lowest BCUT2D eigenvalue weighted by molar-refractivity contribution is 1.05. The van der Waals surface area contributed by atoms with E-state index in [1.165, 1.54) is 5.56 Å². The van der Waals surface area contributed by atoms with Crippen LogP contribution in [0.4, 0.5) is 5.69 Å². The van der Waals surface area contributed by atoms with Crippen molar-refractivity contribution in [2.45, 2.75) is 13.8 Å². The number of hydrogen-bond donors (Lipinski definition) is 1. The Labute approximate surface area is 89.0 Å². The fourth-order valence-electron chi connectivity index (χ4n) is 1.48. The highest BCUT2D eigenvalue weighted by Gasteiger charge is 2.02. The van der Waals surface area contributed by atoms with E-state index in [0.29, 0.717) is 0 Å². The van der Waals surface area contributed by atoms with Crippen molar-refractivity contribution in [2.24, 2.45) is 0 Å². The molecule has 0 fully saturated rings. The first-order valence-electron chi connectivity index (χ1n) is 4.82. The summed E-state index contributed by atoms with van der Waals surface area (Å²) in [5.74, 6) is 0.778. The zero-order valence-corrected chi connectivity index (χ0v) is 8.86. The quantitative estimate of drug-likeness (QED) is 0.717. The minimum Gasteiger partial charge on any atom is -0.399 e. The van der Waals surface area contributed by atoms with Gasteiger partial charge in [0.15, 0.2) is 0 Å². The summed E-state index contributed by atoms with van der Waals surface area (Å²) in [5, 5.41) is 0. The highest BCUT2D eigenvalue weighted by molar-refractivity contribution is 5.69. The summed E-state index contributed by atoms with van der Waals surface area (Å²) in [6, 6.07) is 5.85. The second kappa shape index (κ2) is 3.69. The number of hydrogen-bond acceptors (Lipinski definition) is 3. The molecular formula is C12H13N3. The third-order valence-corrected chi connectivity index (χ3v) is 2.35. The molecule has 0 unspecified atom stereocenters. The monoisotopic (exact) mass is 199 g/mol.